The van der Waals surface area contributed by atoms with Crippen LogP contribution in [0.15, 0.2) is 35.1 Å². The van der Waals surface area contributed by atoms with Crippen molar-refractivity contribution in [2.45, 2.75) is 0 Å². The minimum absolute atomic E-state index is 0.0144. The molecule has 0 bridgehead atoms. The van der Waals surface area contributed by atoms with E-state index in [0.717, 1.165) is 0 Å². The van der Waals surface area contributed by atoms with Gasteiger partial charge in [0.1, 0.15) is 0 Å². The maximum Gasteiger partial charge on any atom is 0.285 e. The summed E-state index contributed by atoms with van der Waals surface area (Å²) < 4.78 is 17.7. The van der Waals surface area contributed by atoms with Crippen molar-refractivity contribution in [2.75, 3.05) is 0 Å². The quantitative estimate of drug-likeness (QED) is 0.758. The summed E-state index contributed by atoms with van der Waals surface area (Å²) in [6, 6.07) is 4.33. The number of carbonyl (C=O) groups excluding carboxylic acids is 1. The Balaban J connectivity index is 2.54. The monoisotopic (exact) mass is 206 g/mol. The molecule has 0 saturated heterocycles. The molecule has 76 valence electrons. The van der Waals surface area contributed by atoms with Gasteiger partial charge in [-0.05, 0) is 17.7 Å². The van der Waals surface area contributed by atoms with Crippen LogP contribution in [0.1, 0.15) is 10.6 Å². The molecule has 0 atom stereocenters. The van der Waals surface area contributed by atoms with E-state index >= 15 is 0 Å². The smallest absolute Gasteiger partial charge is 0.285 e. The summed E-state index contributed by atoms with van der Waals surface area (Å²) in [5.74, 6) is -1.29. The molecule has 0 aromatic carbocycles. The van der Waals surface area contributed by atoms with Gasteiger partial charge < -0.3 is 10.2 Å². The number of hydrogen-bond donors (Lipinski definition) is 1. The number of aromatic nitrogens is 1. The third-order valence-electron chi connectivity index (χ3n) is 1.93. The van der Waals surface area contributed by atoms with E-state index in [1.807, 2.05) is 0 Å². The molecule has 0 aliphatic heterocycles. The van der Waals surface area contributed by atoms with Gasteiger partial charge in [-0.25, -0.2) is 4.98 Å². The molecule has 1 amide bonds. The van der Waals surface area contributed by atoms with Gasteiger partial charge in [0.2, 0.25) is 5.95 Å². The number of furan rings is 1. The third-order valence-corrected chi connectivity index (χ3v) is 1.93. The summed E-state index contributed by atoms with van der Waals surface area (Å²) >= 11 is 0. The van der Waals surface area contributed by atoms with Crippen molar-refractivity contribution >= 4 is 5.91 Å². The SMILES string of the molecule is NC(=O)c1occc1-c1ccnc(F)c1. The number of hydrogen-bond acceptors (Lipinski definition) is 3. The van der Waals surface area contributed by atoms with Crippen LogP contribution in [0, 0.1) is 5.95 Å². The van der Waals surface area contributed by atoms with Crippen molar-refractivity contribution in [3.8, 4) is 11.1 Å². The van der Waals surface area contributed by atoms with Gasteiger partial charge in [0.05, 0.1) is 6.26 Å². The predicted octanol–water partition coefficient (Wildman–Crippen LogP) is 1.58. The van der Waals surface area contributed by atoms with Crippen LogP contribution in [-0.2, 0) is 0 Å². The fourth-order valence-electron chi connectivity index (χ4n) is 1.30. The molecule has 0 unspecified atom stereocenters. The molecule has 5 heteroatoms. The fraction of sp³-hybridized carbons (Fsp3) is 0. The first-order chi connectivity index (χ1) is 7.18. The average Bonchev–Trinajstić information content (AvgIpc) is 2.65. The van der Waals surface area contributed by atoms with Crippen LogP contribution < -0.4 is 5.73 Å². The topological polar surface area (TPSA) is 69.1 Å². The van der Waals surface area contributed by atoms with Crippen LogP contribution in [0.3, 0.4) is 0 Å². The molecular formula is C10H7FN2O2. The maximum absolute atomic E-state index is 12.8. The summed E-state index contributed by atoms with van der Waals surface area (Å²) in [5, 5.41) is 0. The van der Waals surface area contributed by atoms with Gasteiger partial charge in [0.15, 0.2) is 5.76 Å². The number of pyridine rings is 1. The molecule has 0 spiro atoms. The highest BCUT2D eigenvalue weighted by molar-refractivity contribution is 5.96. The maximum atomic E-state index is 12.8. The Kier molecular flexibility index (Phi) is 2.21. The zero-order valence-corrected chi connectivity index (χ0v) is 7.61. The lowest BCUT2D eigenvalue weighted by Gasteiger charge is -1.98. The first-order valence-corrected chi connectivity index (χ1v) is 4.17. The van der Waals surface area contributed by atoms with E-state index in [1.165, 1.54) is 18.5 Å². The molecule has 2 aromatic heterocycles. The lowest BCUT2D eigenvalue weighted by Crippen LogP contribution is -2.10. The molecule has 2 heterocycles. The summed E-state index contributed by atoms with van der Waals surface area (Å²) in [5.41, 5.74) is 6.06. The minimum atomic E-state index is -0.688. The molecule has 2 rings (SSSR count). The Bertz CT molecular complexity index is 508. The normalized spacial score (nSPS) is 10.2. The highest BCUT2D eigenvalue weighted by atomic mass is 19.1. The van der Waals surface area contributed by atoms with Crippen molar-refractivity contribution in [2.24, 2.45) is 5.73 Å². The first kappa shape index (κ1) is 9.39. The number of primary amides is 1. The third kappa shape index (κ3) is 1.71. The van der Waals surface area contributed by atoms with Crippen LogP contribution in [0.4, 0.5) is 4.39 Å². The highest BCUT2D eigenvalue weighted by Crippen LogP contribution is 2.24. The summed E-state index contributed by atoms with van der Waals surface area (Å²) in [6.45, 7) is 0. The highest BCUT2D eigenvalue weighted by Gasteiger charge is 2.13. The van der Waals surface area contributed by atoms with Gasteiger partial charge in [-0.2, -0.15) is 4.39 Å². The van der Waals surface area contributed by atoms with Crippen molar-refractivity contribution < 1.29 is 13.6 Å². The number of amides is 1. The molecule has 0 radical (unpaired) electrons. The Morgan fingerprint density at radius 3 is 2.93 bits per heavy atom. The molecule has 4 nitrogen and oxygen atoms in total. The van der Waals surface area contributed by atoms with Gasteiger partial charge in [0.25, 0.3) is 5.91 Å². The molecule has 0 saturated carbocycles. The largest absolute Gasteiger partial charge is 0.459 e. The van der Waals surface area contributed by atoms with Crippen molar-refractivity contribution in [3.63, 3.8) is 0 Å². The number of halogens is 1. The number of carbonyl (C=O) groups is 1. The lowest BCUT2D eigenvalue weighted by molar-refractivity contribution is 0.0975. The predicted molar refractivity (Wildman–Crippen MR) is 50.4 cm³/mol. The standard InChI is InChI=1S/C10H7FN2O2/c11-8-5-6(1-3-13-8)7-2-4-15-9(7)10(12)14/h1-5H,(H2,12,14). The second-order valence-electron chi connectivity index (χ2n) is 2.89. The second-order valence-corrected chi connectivity index (χ2v) is 2.89. The van der Waals surface area contributed by atoms with E-state index < -0.39 is 11.9 Å². The van der Waals surface area contributed by atoms with Crippen LogP contribution in [0.25, 0.3) is 11.1 Å². The summed E-state index contributed by atoms with van der Waals surface area (Å²) in [7, 11) is 0. The molecule has 2 N–H and O–H groups in total. The zero-order chi connectivity index (χ0) is 10.8. The Hall–Kier alpha value is -2.17. The van der Waals surface area contributed by atoms with Gasteiger partial charge in [-0.1, -0.05) is 0 Å². The minimum Gasteiger partial charge on any atom is -0.459 e. The van der Waals surface area contributed by atoms with E-state index in [4.69, 9.17) is 10.2 Å². The molecule has 15 heavy (non-hydrogen) atoms. The molecular weight excluding hydrogens is 199 g/mol. The number of nitrogens with two attached hydrogens (primary N) is 1. The van der Waals surface area contributed by atoms with E-state index in [-0.39, 0.29) is 5.76 Å². The Morgan fingerprint density at radius 1 is 1.47 bits per heavy atom. The first-order valence-electron chi connectivity index (χ1n) is 4.17. The van der Waals surface area contributed by atoms with E-state index in [9.17, 15) is 9.18 Å². The van der Waals surface area contributed by atoms with Crippen molar-refractivity contribution in [1.29, 1.82) is 0 Å². The zero-order valence-electron chi connectivity index (χ0n) is 7.61. The molecule has 0 fully saturated rings. The number of nitrogens with zero attached hydrogens (tertiary/aromatic N) is 1. The summed E-state index contributed by atoms with van der Waals surface area (Å²) in [6.07, 6.45) is 2.64. The van der Waals surface area contributed by atoms with Crippen LogP contribution in [0.2, 0.25) is 0 Å². The van der Waals surface area contributed by atoms with Crippen LogP contribution in [0.5, 0.6) is 0 Å². The van der Waals surface area contributed by atoms with E-state index in [2.05, 4.69) is 4.98 Å². The van der Waals surface area contributed by atoms with Gasteiger partial charge in [0, 0.05) is 17.8 Å². The number of rotatable bonds is 2. The fourth-order valence-corrected chi connectivity index (χ4v) is 1.30. The van der Waals surface area contributed by atoms with Gasteiger partial charge in [-0.3, -0.25) is 4.79 Å². The van der Waals surface area contributed by atoms with E-state index in [1.54, 1.807) is 12.1 Å². The van der Waals surface area contributed by atoms with Crippen molar-refractivity contribution in [1.82, 2.24) is 4.98 Å². The Labute approximate surface area is 84.5 Å². The van der Waals surface area contributed by atoms with Crippen LogP contribution >= 0.6 is 0 Å². The second kappa shape index (κ2) is 3.53. The Morgan fingerprint density at radius 2 is 2.27 bits per heavy atom. The van der Waals surface area contributed by atoms with E-state index in [0.29, 0.717) is 11.1 Å². The van der Waals surface area contributed by atoms with Crippen LogP contribution in [-0.4, -0.2) is 10.9 Å². The molecule has 0 aliphatic rings. The van der Waals surface area contributed by atoms with Crippen molar-refractivity contribution in [3.05, 3.63) is 42.4 Å². The van der Waals surface area contributed by atoms with Gasteiger partial charge >= 0.3 is 0 Å². The average molecular weight is 206 g/mol. The summed E-state index contributed by atoms with van der Waals surface area (Å²) in [4.78, 5) is 14.4. The van der Waals surface area contributed by atoms with Gasteiger partial charge in [-0.15, -0.1) is 0 Å². The molecule has 2 aromatic rings. The lowest BCUT2D eigenvalue weighted by atomic mass is 10.1. The molecule has 0 aliphatic carbocycles.